The molecule has 4 nitrogen and oxygen atoms in total. The molecule has 0 spiro atoms. The van der Waals surface area contributed by atoms with Gasteiger partial charge in [0, 0.05) is 6.54 Å². The molecule has 1 amide bonds. The number of benzene rings is 1. The van der Waals surface area contributed by atoms with Crippen molar-refractivity contribution in [2.75, 3.05) is 6.54 Å². The van der Waals surface area contributed by atoms with Crippen molar-refractivity contribution < 1.29 is 19.0 Å². The fourth-order valence-electron chi connectivity index (χ4n) is 2.55. The Bertz CT molecular complexity index is 525. The highest BCUT2D eigenvalue weighted by Gasteiger charge is 2.31. The zero-order valence-electron chi connectivity index (χ0n) is 12.7. The lowest BCUT2D eigenvalue weighted by Gasteiger charge is -2.37. The Morgan fingerprint density at radius 1 is 1.38 bits per heavy atom. The summed E-state index contributed by atoms with van der Waals surface area (Å²) in [6.45, 7) is 6.07. The molecule has 0 saturated carbocycles. The molecule has 2 rings (SSSR count). The number of carbonyl (C=O) groups is 1. The largest absolute Gasteiger partial charge is 0.505 e. The summed E-state index contributed by atoms with van der Waals surface area (Å²) in [7, 11) is 0. The molecule has 1 atom stereocenters. The van der Waals surface area contributed by atoms with Gasteiger partial charge < -0.3 is 14.7 Å². The normalized spacial score (nSPS) is 19.4. The second kappa shape index (κ2) is 5.92. The van der Waals surface area contributed by atoms with Crippen molar-refractivity contribution in [3.63, 3.8) is 0 Å². The first-order chi connectivity index (χ1) is 9.78. The predicted octanol–water partition coefficient (Wildman–Crippen LogP) is 3.99. The van der Waals surface area contributed by atoms with Gasteiger partial charge in [-0.25, -0.2) is 9.18 Å². The second-order valence-corrected chi connectivity index (χ2v) is 6.40. The van der Waals surface area contributed by atoms with Gasteiger partial charge in [-0.3, -0.25) is 0 Å². The molecule has 0 aliphatic carbocycles. The van der Waals surface area contributed by atoms with Crippen molar-refractivity contribution in [2.45, 2.75) is 51.7 Å². The third-order valence-corrected chi connectivity index (χ3v) is 3.49. The summed E-state index contributed by atoms with van der Waals surface area (Å²) >= 11 is 0. The van der Waals surface area contributed by atoms with E-state index in [4.69, 9.17) is 4.74 Å². The average molecular weight is 295 g/mol. The van der Waals surface area contributed by atoms with E-state index in [0.29, 0.717) is 12.1 Å². The Hall–Kier alpha value is -1.78. The smallest absolute Gasteiger partial charge is 0.410 e. The molecule has 1 N–H and O–H groups in total. The molecule has 0 bridgehead atoms. The van der Waals surface area contributed by atoms with Gasteiger partial charge in [0.2, 0.25) is 0 Å². The number of rotatable bonds is 1. The van der Waals surface area contributed by atoms with Crippen molar-refractivity contribution in [3.8, 4) is 5.75 Å². The zero-order chi connectivity index (χ0) is 15.6. The molecule has 1 aliphatic heterocycles. The lowest BCUT2D eigenvalue weighted by atomic mass is 9.95. The Kier molecular flexibility index (Phi) is 4.40. The molecule has 116 valence electrons. The van der Waals surface area contributed by atoms with Crippen LogP contribution in [0, 0.1) is 5.82 Å². The van der Waals surface area contributed by atoms with Gasteiger partial charge in [0.25, 0.3) is 0 Å². The van der Waals surface area contributed by atoms with Gasteiger partial charge in [-0.05, 0) is 57.7 Å². The number of halogens is 1. The third-order valence-electron chi connectivity index (χ3n) is 3.49. The van der Waals surface area contributed by atoms with Crippen LogP contribution in [0.5, 0.6) is 5.75 Å². The topological polar surface area (TPSA) is 49.8 Å². The van der Waals surface area contributed by atoms with E-state index >= 15 is 0 Å². The quantitative estimate of drug-likeness (QED) is 0.852. The van der Waals surface area contributed by atoms with Crippen LogP contribution in [-0.4, -0.2) is 28.2 Å². The highest BCUT2D eigenvalue weighted by atomic mass is 19.1. The standard InChI is InChI=1S/C16H22FNO3/c1-16(2,3)21-15(20)18-9-5-4-6-13(18)11-7-8-14(19)12(17)10-11/h7-8,10,13,19H,4-6,9H2,1-3H3. The number of amides is 1. The molecule has 1 saturated heterocycles. The molecule has 0 aromatic heterocycles. The van der Waals surface area contributed by atoms with Crippen LogP contribution in [0.4, 0.5) is 9.18 Å². The van der Waals surface area contributed by atoms with Gasteiger partial charge in [-0.1, -0.05) is 6.07 Å². The van der Waals surface area contributed by atoms with Gasteiger partial charge in [0.05, 0.1) is 6.04 Å². The Balaban J connectivity index is 2.22. The molecule has 5 heteroatoms. The van der Waals surface area contributed by atoms with Crippen molar-refractivity contribution in [2.24, 2.45) is 0 Å². The molecule has 1 fully saturated rings. The molecule has 21 heavy (non-hydrogen) atoms. The summed E-state index contributed by atoms with van der Waals surface area (Å²) < 4.78 is 19.0. The van der Waals surface area contributed by atoms with Crippen LogP contribution < -0.4 is 0 Å². The SMILES string of the molecule is CC(C)(C)OC(=O)N1CCCCC1c1ccc(O)c(F)c1. The maximum absolute atomic E-state index is 13.5. The third kappa shape index (κ3) is 3.86. The van der Waals surface area contributed by atoms with E-state index in [1.165, 1.54) is 12.1 Å². The van der Waals surface area contributed by atoms with Gasteiger partial charge in [-0.15, -0.1) is 0 Å². The fraction of sp³-hybridized carbons (Fsp3) is 0.562. The van der Waals surface area contributed by atoms with Crippen LogP contribution in [0.3, 0.4) is 0 Å². The van der Waals surface area contributed by atoms with E-state index in [0.717, 1.165) is 19.3 Å². The Morgan fingerprint density at radius 3 is 2.71 bits per heavy atom. The van der Waals surface area contributed by atoms with Crippen molar-refractivity contribution in [1.82, 2.24) is 4.90 Å². The molecular weight excluding hydrogens is 273 g/mol. The van der Waals surface area contributed by atoms with E-state index < -0.39 is 11.4 Å². The number of phenols is 1. The summed E-state index contributed by atoms with van der Waals surface area (Å²) in [5.41, 5.74) is 0.134. The first-order valence-electron chi connectivity index (χ1n) is 7.26. The van der Waals surface area contributed by atoms with Crippen LogP contribution in [0.1, 0.15) is 51.6 Å². The molecule has 1 heterocycles. The van der Waals surface area contributed by atoms with Gasteiger partial charge in [0.15, 0.2) is 11.6 Å². The predicted molar refractivity (Wildman–Crippen MR) is 77.6 cm³/mol. The lowest BCUT2D eigenvalue weighted by molar-refractivity contribution is 0.00947. The molecule has 1 unspecified atom stereocenters. The minimum absolute atomic E-state index is 0.205. The van der Waals surface area contributed by atoms with E-state index in [1.807, 2.05) is 20.8 Å². The molecule has 0 radical (unpaired) electrons. The van der Waals surface area contributed by atoms with E-state index in [9.17, 15) is 14.3 Å². The van der Waals surface area contributed by atoms with Crippen molar-refractivity contribution >= 4 is 6.09 Å². The van der Waals surface area contributed by atoms with Crippen LogP contribution in [0.2, 0.25) is 0 Å². The van der Waals surface area contributed by atoms with Gasteiger partial charge in [0.1, 0.15) is 5.60 Å². The van der Waals surface area contributed by atoms with Gasteiger partial charge in [-0.2, -0.15) is 0 Å². The average Bonchev–Trinajstić information content (AvgIpc) is 2.40. The highest BCUT2D eigenvalue weighted by Crippen LogP contribution is 2.33. The molecule has 1 aromatic carbocycles. The Labute approximate surface area is 124 Å². The monoisotopic (exact) mass is 295 g/mol. The lowest BCUT2D eigenvalue weighted by Crippen LogP contribution is -2.41. The number of hydrogen-bond donors (Lipinski definition) is 1. The van der Waals surface area contributed by atoms with Crippen molar-refractivity contribution in [3.05, 3.63) is 29.6 Å². The summed E-state index contributed by atoms with van der Waals surface area (Å²) in [6, 6.07) is 4.07. The number of likely N-dealkylation sites (tertiary alicyclic amines) is 1. The Morgan fingerprint density at radius 2 is 2.10 bits per heavy atom. The number of aromatic hydroxyl groups is 1. The van der Waals surface area contributed by atoms with Gasteiger partial charge >= 0.3 is 6.09 Å². The summed E-state index contributed by atoms with van der Waals surface area (Å²) in [5, 5.41) is 9.29. The minimum atomic E-state index is -0.665. The number of carbonyl (C=O) groups excluding carboxylic acids is 1. The van der Waals surface area contributed by atoms with Crippen LogP contribution in [0.25, 0.3) is 0 Å². The zero-order valence-corrected chi connectivity index (χ0v) is 12.7. The summed E-state index contributed by atoms with van der Waals surface area (Å²) in [4.78, 5) is 14.0. The number of phenolic OH excluding ortho intramolecular Hbond substituents is 1. The molecule has 1 aliphatic rings. The first-order valence-corrected chi connectivity index (χ1v) is 7.26. The number of hydrogen-bond acceptors (Lipinski definition) is 3. The maximum atomic E-state index is 13.5. The van der Waals surface area contributed by atoms with Crippen molar-refractivity contribution in [1.29, 1.82) is 0 Å². The van der Waals surface area contributed by atoms with E-state index in [1.54, 1.807) is 11.0 Å². The number of ether oxygens (including phenoxy) is 1. The first kappa shape index (κ1) is 15.6. The van der Waals surface area contributed by atoms with Crippen LogP contribution in [0.15, 0.2) is 18.2 Å². The second-order valence-electron chi connectivity index (χ2n) is 6.40. The molecular formula is C16H22FNO3. The number of nitrogens with zero attached hydrogens (tertiary/aromatic N) is 1. The highest BCUT2D eigenvalue weighted by molar-refractivity contribution is 5.69. The van der Waals surface area contributed by atoms with Crippen LogP contribution in [-0.2, 0) is 4.74 Å². The molecule has 1 aromatic rings. The summed E-state index contributed by atoms with van der Waals surface area (Å²) in [5.74, 6) is -1.04. The maximum Gasteiger partial charge on any atom is 0.410 e. The fourth-order valence-corrected chi connectivity index (χ4v) is 2.55. The number of piperidine rings is 1. The summed E-state index contributed by atoms with van der Waals surface area (Å²) in [6.07, 6.45) is 2.28. The van der Waals surface area contributed by atoms with E-state index in [2.05, 4.69) is 0 Å². The minimum Gasteiger partial charge on any atom is -0.505 e. The van der Waals surface area contributed by atoms with E-state index in [-0.39, 0.29) is 17.9 Å². The van der Waals surface area contributed by atoms with Crippen LogP contribution >= 0.6 is 0 Å².